The number of amides is 1. The van der Waals surface area contributed by atoms with Crippen LogP contribution >= 0.6 is 15.9 Å². The maximum atomic E-state index is 12.0. The number of carbonyl (C=O) groups is 1. The molecule has 21 heavy (non-hydrogen) atoms. The third-order valence-electron chi connectivity index (χ3n) is 2.69. The van der Waals surface area contributed by atoms with E-state index in [2.05, 4.69) is 26.0 Å². The van der Waals surface area contributed by atoms with E-state index in [1.54, 1.807) is 12.1 Å². The topological polar surface area (TPSA) is 101 Å². The molecule has 0 aliphatic rings. The van der Waals surface area contributed by atoms with E-state index >= 15 is 0 Å². The Morgan fingerprint density at radius 2 is 1.90 bits per heavy atom. The van der Waals surface area contributed by atoms with Crippen molar-refractivity contribution in [1.29, 1.82) is 0 Å². The van der Waals surface area contributed by atoms with Gasteiger partial charge in [-0.25, -0.2) is 13.1 Å². The van der Waals surface area contributed by atoms with Gasteiger partial charge in [-0.2, -0.15) is 0 Å². The molecule has 0 saturated heterocycles. The summed E-state index contributed by atoms with van der Waals surface area (Å²) in [5.74, 6) is -0.200. The second-order valence-corrected chi connectivity index (χ2v) is 7.40. The van der Waals surface area contributed by atoms with E-state index in [0.717, 1.165) is 4.47 Å². The van der Waals surface area contributed by atoms with E-state index in [1.165, 1.54) is 12.1 Å². The number of benzene rings is 1. The molecule has 0 spiro atoms. The summed E-state index contributed by atoms with van der Waals surface area (Å²) < 4.78 is 27.1. The van der Waals surface area contributed by atoms with Gasteiger partial charge in [-0.1, -0.05) is 15.9 Å². The lowest BCUT2D eigenvalue weighted by Crippen LogP contribution is -2.32. The average molecular weight is 378 g/mol. The molecular weight excluding hydrogens is 358 g/mol. The van der Waals surface area contributed by atoms with Crippen LogP contribution in [0.15, 0.2) is 33.6 Å². The first-order valence-electron chi connectivity index (χ1n) is 6.59. The van der Waals surface area contributed by atoms with E-state index < -0.39 is 10.0 Å². The van der Waals surface area contributed by atoms with Gasteiger partial charge < -0.3 is 11.1 Å². The fraction of sp³-hybridized carbons (Fsp3) is 0.462. The van der Waals surface area contributed by atoms with Gasteiger partial charge in [0.1, 0.15) is 0 Å². The molecule has 1 rings (SSSR count). The Labute approximate surface area is 133 Å². The highest BCUT2D eigenvalue weighted by molar-refractivity contribution is 9.10. The van der Waals surface area contributed by atoms with Gasteiger partial charge in [0.2, 0.25) is 15.9 Å². The van der Waals surface area contributed by atoms with Gasteiger partial charge >= 0.3 is 0 Å². The van der Waals surface area contributed by atoms with Gasteiger partial charge in [0.05, 0.1) is 4.90 Å². The van der Waals surface area contributed by atoms with Gasteiger partial charge in [-0.15, -0.1) is 0 Å². The Hall–Kier alpha value is -0.960. The van der Waals surface area contributed by atoms with Crippen LogP contribution in [0.2, 0.25) is 0 Å². The average Bonchev–Trinajstić information content (AvgIpc) is 2.38. The van der Waals surface area contributed by atoms with Gasteiger partial charge in [-0.05, 0) is 37.6 Å². The van der Waals surface area contributed by atoms with Crippen molar-refractivity contribution < 1.29 is 13.2 Å². The predicted octanol–water partition coefficient (Wildman–Crippen LogP) is 0.971. The summed E-state index contributed by atoms with van der Waals surface area (Å²) in [7, 11) is -3.58. The molecule has 0 radical (unpaired) electrons. The summed E-state index contributed by atoms with van der Waals surface area (Å²) in [6.07, 6.45) is 0.783. The lowest BCUT2D eigenvalue weighted by Gasteiger charge is -2.08. The highest BCUT2D eigenvalue weighted by atomic mass is 79.9. The monoisotopic (exact) mass is 377 g/mol. The van der Waals surface area contributed by atoms with Gasteiger partial charge in [-0.3, -0.25) is 4.79 Å². The van der Waals surface area contributed by atoms with E-state index in [9.17, 15) is 13.2 Å². The third kappa shape index (κ3) is 7.03. The second kappa shape index (κ2) is 8.47. The summed E-state index contributed by atoms with van der Waals surface area (Å²) in [6, 6.07) is 6.32. The van der Waals surface area contributed by atoms with Crippen molar-refractivity contribution >= 4 is 31.9 Å². The molecule has 0 fully saturated rings. The first-order valence-corrected chi connectivity index (χ1v) is 8.86. The zero-order valence-corrected chi connectivity index (χ0v) is 14.2. The molecule has 8 heteroatoms. The van der Waals surface area contributed by atoms with Gasteiger partial charge in [0.25, 0.3) is 0 Å². The first-order chi connectivity index (χ1) is 9.81. The SMILES string of the molecule is CC(N)CCNC(=O)CCNS(=O)(=O)c1ccc(Br)cc1. The van der Waals surface area contributed by atoms with E-state index in [4.69, 9.17) is 5.73 Å². The largest absolute Gasteiger partial charge is 0.356 e. The van der Waals surface area contributed by atoms with Gasteiger partial charge in [0.15, 0.2) is 0 Å². The number of hydrogen-bond donors (Lipinski definition) is 3. The lowest BCUT2D eigenvalue weighted by atomic mass is 10.2. The molecule has 0 aromatic heterocycles. The van der Waals surface area contributed by atoms with Crippen LogP contribution in [0.25, 0.3) is 0 Å². The van der Waals surface area contributed by atoms with Crippen molar-refractivity contribution in [3.8, 4) is 0 Å². The van der Waals surface area contributed by atoms with Crippen molar-refractivity contribution in [2.45, 2.75) is 30.7 Å². The summed E-state index contributed by atoms with van der Waals surface area (Å²) in [5, 5.41) is 2.69. The van der Waals surface area contributed by atoms with Crippen LogP contribution in [0.4, 0.5) is 0 Å². The number of carbonyl (C=O) groups excluding carboxylic acids is 1. The third-order valence-corrected chi connectivity index (χ3v) is 4.70. The molecule has 0 aliphatic heterocycles. The number of nitrogens with one attached hydrogen (secondary N) is 2. The minimum Gasteiger partial charge on any atom is -0.356 e. The van der Waals surface area contributed by atoms with E-state index in [1.807, 2.05) is 6.92 Å². The van der Waals surface area contributed by atoms with Crippen LogP contribution in [0.3, 0.4) is 0 Å². The predicted molar refractivity (Wildman–Crippen MR) is 85.2 cm³/mol. The minimum absolute atomic E-state index is 0.0289. The molecule has 118 valence electrons. The molecule has 1 amide bonds. The minimum atomic E-state index is -3.58. The number of rotatable bonds is 8. The maximum absolute atomic E-state index is 12.0. The van der Waals surface area contributed by atoms with Crippen molar-refractivity contribution in [2.24, 2.45) is 5.73 Å². The highest BCUT2D eigenvalue weighted by Gasteiger charge is 2.13. The molecule has 1 aromatic rings. The number of sulfonamides is 1. The molecule has 1 unspecified atom stereocenters. The van der Waals surface area contributed by atoms with Crippen molar-refractivity contribution in [2.75, 3.05) is 13.1 Å². The highest BCUT2D eigenvalue weighted by Crippen LogP contribution is 2.14. The fourth-order valence-electron chi connectivity index (χ4n) is 1.52. The fourth-order valence-corrected chi connectivity index (χ4v) is 2.82. The molecule has 0 aliphatic carbocycles. The van der Waals surface area contributed by atoms with Gasteiger partial charge in [0, 0.05) is 30.0 Å². The maximum Gasteiger partial charge on any atom is 0.240 e. The molecule has 6 nitrogen and oxygen atoms in total. The summed E-state index contributed by atoms with van der Waals surface area (Å²) in [6.45, 7) is 2.41. The standard InChI is InChI=1S/C13H20BrN3O3S/c1-10(15)6-8-16-13(18)7-9-17-21(19,20)12-4-2-11(14)3-5-12/h2-5,10,17H,6-9,15H2,1H3,(H,16,18). The molecule has 4 N–H and O–H groups in total. The Kier molecular flexibility index (Phi) is 7.30. The first kappa shape index (κ1) is 18.1. The molecular formula is C13H20BrN3O3S. The molecule has 0 heterocycles. The Morgan fingerprint density at radius 1 is 1.29 bits per heavy atom. The van der Waals surface area contributed by atoms with Crippen molar-refractivity contribution in [3.63, 3.8) is 0 Å². The summed E-state index contributed by atoms with van der Waals surface area (Å²) >= 11 is 3.24. The van der Waals surface area contributed by atoms with Crippen LogP contribution in [-0.4, -0.2) is 33.5 Å². The number of hydrogen-bond acceptors (Lipinski definition) is 4. The second-order valence-electron chi connectivity index (χ2n) is 4.72. The van der Waals surface area contributed by atoms with Crippen molar-refractivity contribution in [3.05, 3.63) is 28.7 Å². The number of nitrogens with two attached hydrogens (primary N) is 1. The summed E-state index contributed by atoms with van der Waals surface area (Å²) in [5.41, 5.74) is 5.56. The van der Waals surface area contributed by atoms with Crippen LogP contribution in [-0.2, 0) is 14.8 Å². The van der Waals surface area contributed by atoms with Crippen molar-refractivity contribution in [1.82, 2.24) is 10.0 Å². The van der Waals surface area contributed by atoms with Crippen LogP contribution in [0.5, 0.6) is 0 Å². The smallest absolute Gasteiger partial charge is 0.240 e. The van der Waals surface area contributed by atoms with Crippen LogP contribution < -0.4 is 15.8 Å². The zero-order valence-electron chi connectivity index (χ0n) is 11.8. The molecule has 1 aromatic carbocycles. The van der Waals surface area contributed by atoms with Crippen LogP contribution in [0, 0.1) is 0 Å². The summed E-state index contributed by atoms with van der Waals surface area (Å²) in [4.78, 5) is 11.7. The zero-order chi connectivity index (χ0) is 15.9. The Bertz CT molecular complexity index is 559. The quantitative estimate of drug-likeness (QED) is 0.628. The molecule has 0 bridgehead atoms. The number of halogens is 1. The Balaban J connectivity index is 2.37. The molecule has 0 saturated carbocycles. The van der Waals surface area contributed by atoms with Crippen LogP contribution in [0.1, 0.15) is 19.8 Å². The molecule has 1 atom stereocenters. The lowest BCUT2D eigenvalue weighted by molar-refractivity contribution is -0.120. The van der Waals surface area contributed by atoms with E-state index in [0.29, 0.717) is 13.0 Å². The normalized spacial score (nSPS) is 12.9. The van der Waals surface area contributed by atoms with E-state index in [-0.39, 0.29) is 29.8 Å². The Morgan fingerprint density at radius 3 is 2.48 bits per heavy atom.